The van der Waals surface area contributed by atoms with Gasteiger partial charge >= 0.3 is 5.97 Å². The summed E-state index contributed by atoms with van der Waals surface area (Å²) in [6.07, 6.45) is 0.768. The molecule has 3 nitrogen and oxygen atoms in total. The Morgan fingerprint density at radius 3 is 2.47 bits per heavy atom. The van der Waals surface area contributed by atoms with Crippen molar-refractivity contribution < 1.29 is 9.53 Å². The number of rotatable bonds is 3. The summed E-state index contributed by atoms with van der Waals surface area (Å²) in [5, 5.41) is 0. The van der Waals surface area contributed by atoms with Crippen molar-refractivity contribution in [2.24, 2.45) is 0 Å². The van der Waals surface area contributed by atoms with Gasteiger partial charge in [0.25, 0.3) is 0 Å². The minimum atomic E-state index is -0.334. The quantitative estimate of drug-likeness (QED) is 0.791. The number of methoxy groups -OCH3 is 1. The highest BCUT2D eigenvalue weighted by molar-refractivity contribution is 5.90. The van der Waals surface area contributed by atoms with E-state index in [2.05, 4.69) is 17.1 Å². The summed E-state index contributed by atoms with van der Waals surface area (Å²) in [7, 11) is 1.39. The SMILES string of the molecule is COC(=O)c1cc(Cc2ccccc2)c(C)nc1C. The smallest absolute Gasteiger partial charge is 0.339 e. The molecule has 0 amide bonds. The van der Waals surface area contributed by atoms with Crippen LogP contribution in [0.2, 0.25) is 0 Å². The Morgan fingerprint density at radius 2 is 1.84 bits per heavy atom. The van der Waals surface area contributed by atoms with Crippen molar-refractivity contribution in [3.8, 4) is 0 Å². The van der Waals surface area contributed by atoms with E-state index in [1.54, 1.807) is 0 Å². The summed E-state index contributed by atoms with van der Waals surface area (Å²) < 4.78 is 4.78. The van der Waals surface area contributed by atoms with E-state index < -0.39 is 0 Å². The molecule has 98 valence electrons. The number of aryl methyl sites for hydroxylation is 2. The van der Waals surface area contributed by atoms with Gasteiger partial charge in [-0.1, -0.05) is 30.3 Å². The molecule has 0 saturated carbocycles. The van der Waals surface area contributed by atoms with E-state index in [-0.39, 0.29) is 5.97 Å². The summed E-state index contributed by atoms with van der Waals surface area (Å²) in [5.41, 5.74) is 4.46. The van der Waals surface area contributed by atoms with Crippen molar-refractivity contribution >= 4 is 5.97 Å². The number of benzene rings is 1. The highest BCUT2D eigenvalue weighted by Crippen LogP contribution is 2.17. The van der Waals surface area contributed by atoms with Crippen LogP contribution >= 0.6 is 0 Å². The molecule has 0 aliphatic carbocycles. The fourth-order valence-corrected chi connectivity index (χ4v) is 2.08. The van der Waals surface area contributed by atoms with Crippen LogP contribution in [0.25, 0.3) is 0 Å². The minimum Gasteiger partial charge on any atom is -0.465 e. The van der Waals surface area contributed by atoms with E-state index in [4.69, 9.17) is 4.74 Å². The maximum atomic E-state index is 11.7. The number of carbonyl (C=O) groups excluding carboxylic acids is 1. The number of carbonyl (C=O) groups is 1. The molecule has 0 aliphatic heterocycles. The molecule has 19 heavy (non-hydrogen) atoms. The van der Waals surface area contributed by atoms with Crippen LogP contribution in [0.4, 0.5) is 0 Å². The number of esters is 1. The van der Waals surface area contributed by atoms with Crippen LogP contribution in [0.5, 0.6) is 0 Å². The Labute approximate surface area is 113 Å². The predicted octanol–water partition coefficient (Wildman–Crippen LogP) is 3.08. The van der Waals surface area contributed by atoms with Gasteiger partial charge in [0, 0.05) is 5.69 Å². The highest BCUT2D eigenvalue weighted by Gasteiger charge is 2.13. The van der Waals surface area contributed by atoms with Gasteiger partial charge in [-0.2, -0.15) is 0 Å². The van der Waals surface area contributed by atoms with Gasteiger partial charge in [-0.25, -0.2) is 4.79 Å². The Kier molecular flexibility index (Phi) is 3.95. The Bertz CT molecular complexity index is 591. The molecule has 0 N–H and O–H groups in total. The van der Waals surface area contributed by atoms with E-state index in [0.717, 1.165) is 17.7 Å². The first-order valence-electron chi connectivity index (χ1n) is 6.21. The maximum Gasteiger partial charge on any atom is 0.339 e. The second-order valence-electron chi connectivity index (χ2n) is 4.52. The van der Waals surface area contributed by atoms with Gasteiger partial charge in [-0.15, -0.1) is 0 Å². The van der Waals surface area contributed by atoms with E-state index in [1.807, 2.05) is 38.1 Å². The molecule has 0 saturated heterocycles. The topological polar surface area (TPSA) is 39.2 Å². The molecular weight excluding hydrogens is 238 g/mol. The molecular formula is C16H17NO2. The van der Waals surface area contributed by atoms with Crippen LogP contribution in [-0.2, 0) is 11.2 Å². The van der Waals surface area contributed by atoms with Gasteiger partial charge in [0.1, 0.15) is 0 Å². The molecule has 0 fully saturated rings. The molecule has 3 heteroatoms. The average Bonchev–Trinajstić information content (AvgIpc) is 2.42. The van der Waals surface area contributed by atoms with Crippen LogP contribution in [-0.4, -0.2) is 18.1 Å². The van der Waals surface area contributed by atoms with Gasteiger partial charge < -0.3 is 4.74 Å². The zero-order chi connectivity index (χ0) is 13.8. The zero-order valence-corrected chi connectivity index (χ0v) is 11.4. The zero-order valence-electron chi connectivity index (χ0n) is 11.4. The van der Waals surface area contributed by atoms with Crippen LogP contribution in [0.15, 0.2) is 36.4 Å². The number of aromatic nitrogens is 1. The molecule has 1 aromatic heterocycles. The second-order valence-corrected chi connectivity index (χ2v) is 4.52. The standard InChI is InChI=1S/C16H17NO2/c1-11-14(9-13-7-5-4-6-8-13)10-15(12(2)17-11)16(18)19-3/h4-8,10H,9H2,1-3H3. The average molecular weight is 255 g/mol. The lowest BCUT2D eigenvalue weighted by molar-refractivity contribution is 0.0599. The monoisotopic (exact) mass is 255 g/mol. The van der Waals surface area contributed by atoms with Crippen LogP contribution in [0, 0.1) is 13.8 Å². The Balaban J connectivity index is 2.38. The largest absolute Gasteiger partial charge is 0.465 e. The van der Waals surface area contributed by atoms with Crippen molar-refractivity contribution in [1.29, 1.82) is 0 Å². The van der Waals surface area contributed by atoms with E-state index in [1.165, 1.54) is 12.7 Å². The van der Waals surface area contributed by atoms with Crippen molar-refractivity contribution in [3.63, 3.8) is 0 Å². The van der Waals surface area contributed by atoms with E-state index in [0.29, 0.717) is 11.3 Å². The van der Waals surface area contributed by atoms with E-state index in [9.17, 15) is 4.79 Å². The number of hydrogen-bond acceptors (Lipinski definition) is 3. The first-order chi connectivity index (χ1) is 9.11. The molecule has 0 radical (unpaired) electrons. The van der Waals surface area contributed by atoms with Gasteiger partial charge in [0.2, 0.25) is 0 Å². The first kappa shape index (κ1) is 13.3. The molecule has 0 bridgehead atoms. The van der Waals surface area contributed by atoms with Gasteiger partial charge in [0.15, 0.2) is 0 Å². The number of pyridine rings is 1. The minimum absolute atomic E-state index is 0.334. The summed E-state index contributed by atoms with van der Waals surface area (Å²) in [4.78, 5) is 16.1. The summed E-state index contributed by atoms with van der Waals surface area (Å²) in [6.45, 7) is 3.79. The predicted molar refractivity (Wildman–Crippen MR) is 74.3 cm³/mol. The molecule has 1 aromatic carbocycles. The third-order valence-electron chi connectivity index (χ3n) is 3.15. The third kappa shape index (κ3) is 2.99. The normalized spacial score (nSPS) is 10.3. The van der Waals surface area contributed by atoms with Crippen molar-refractivity contribution in [2.75, 3.05) is 7.11 Å². The van der Waals surface area contributed by atoms with Crippen molar-refractivity contribution in [1.82, 2.24) is 4.98 Å². The number of ether oxygens (including phenoxy) is 1. The number of nitrogens with zero attached hydrogens (tertiary/aromatic N) is 1. The molecule has 2 aromatic rings. The fraction of sp³-hybridized carbons (Fsp3) is 0.250. The lowest BCUT2D eigenvalue weighted by Crippen LogP contribution is -2.08. The van der Waals surface area contributed by atoms with Crippen LogP contribution in [0.3, 0.4) is 0 Å². The molecule has 1 heterocycles. The molecule has 0 unspecified atom stereocenters. The molecule has 0 spiro atoms. The Hall–Kier alpha value is -2.16. The van der Waals surface area contributed by atoms with Crippen molar-refractivity contribution in [2.45, 2.75) is 20.3 Å². The van der Waals surface area contributed by atoms with Crippen molar-refractivity contribution in [3.05, 3.63) is 64.5 Å². The highest BCUT2D eigenvalue weighted by atomic mass is 16.5. The van der Waals surface area contributed by atoms with Crippen LogP contribution < -0.4 is 0 Å². The molecule has 0 aliphatic rings. The first-order valence-corrected chi connectivity index (χ1v) is 6.21. The number of hydrogen-bond donors (Lipinski definition) is 0. The fourth-order valence-electron chi connectivity index (χ4n) is 2.08. The third-order valence-corrected chi connectivity index (χ3v) is 3.15. The Morgan fingerprint density at radius 1 is 1.16 bits per heavy atom. The second kappa shape index (κ2) is 5.65. The van der Waals surface area contributed by atoms with Gasteiger partial charge in [0.05, 0.1) is 18.4 Å². The summed E-state index contributed by atoms with van der Waals surface area (Å²) in [6, 6.07) is 12.0. The van der Waals surface area contributed by atoms with E-state index >= 15 is 0 Å². The van der Waals surface area contributed by atoms with Crippen LogP contribution in [0.1, 0.15) is 32.9 Å². The molecule has 2 rings (SSSR count). The summed E-state index contributed by atoms with van der Waals surface area (Å²) >= 11 is 0. The molecule has 0 atom stereocenters. The summed E-state index contributed by atoms with van der Waals surface area (Å²) in [5.74, 6) is -0.334. The van der Waals surface area contributed by atoms with Gasteiger partial charge in [-0.3, -0.25) is 4.98 Å². The maximum absolute atomic E-state index is 11.7. The lowest BCUT2D eigenvalue weighted by atomic mass is 10.0. The van der Waals surface area contributed by atoms with Gasteiger partial charge in [-0.05, 0) is 37.5 Å². The lowest BCUT2D eigenvalue weighted by Gasteiger charge is -2.10.